The van der Waals surface area contributed by atoms with E-state index < -0.39 is 0 Å². The number of aromatic nitrogens is 3. The number of nitrogens with zero attached hydrogens (tertiary/aromatic N) is 4. The van der Waals surface area contributed by atoms with Crippen LogP contribution in [-0.2, 0) is 16.1 Å². The van der Waals surface area contributed by atoms with Gasteiger partial charge in [0.2, 0.25) is 5.91 Å². The Labute approximate surface area is 130 Å². The summed E-state index contributed by atoms with van der Waals surface area (Å²) in [5.41, 5.74) is 1.50. The van der Waals surface area contributed by atoms with Gasteiger partial charge in [0.15, 0.2) is 0 Å². The van der Waals surface area contributed by atoms with Crippen molar-refractivity contribution in [1.82, 2.24) is 19.9 Å². The van der Waals surface area contributed by atoms with Gasteiger partial charge in [0, 0.05) is 19.2 Å². The summed E-state index contributed by atoms with van der Waals surface area (Å²) in [5, 5.41) is 8.20. The fourth-order valence-electron chi connectivity index (χ4n) is 3.26. The normalized spacial score (nSPS) is 21.2. The highest BCUT2D eigenvalue weighted by atomic mass is 16.5. The van der Waals surface area contributed by atoms with Crippen molar-refractivity contribution in [2.45, 2.75) is 44.9 Å². The second-order valence-electron chi connectivity index (χ2n) is 6.44. The minimum atomic E-state index is -0.202. The second kappa shape index (κ2) is 5.68. The maximum atomic E-state index is 12.7. The zero-order valence-electron chi connectivity index (χ0n) is 13.3. The smallest absolute Gasteiger partial charge is 0.244 e. The molecular weight excluding hydrogens is 280 g/mol. The van der Waals surface area contributed by atoms with Gasteiger partial charge in [-0.15, -0.1) is 5.10 Å². The number of hydrogen-bond donors (Lipinski definition) is 0. The Hall–Kier alpha value is -1.95. The molecular formula is C16H22N4O2. The quantitative estimate of drug-likeness (QED) is 0.868. The first-order chi connectivity index (χ1) is 10.5. The average Bonchev–Trinajstić information content (AvgIpc) is 2.89. The first kappa shape index (κ1) is 15.0. The molecule has 118 valence electrons. The van der Waals surface area contributed by atoms with E-state index in [0.717, 1.165) is 30.4 Å². The molecule has 0 N–H and O–H groups in total. The molecule has 1 aromatic heterocycles. The number of para-hydroxylation sites is 1. The van der Waals surface area contributed by atoms with Crippen LogP contribution in [0.15, 0.2) is 24.3 Å². The topological polar surface area (TPSA) is 60.2 Å². The molecule has 1 atom stereocenters. The van der Waals surface area contributed by atoms with Gasteiger partial charge in [-0.05, 0) is 38.8 Å². The van der Waals surface area contributed by atoms with Crippen molar-refractivity contribution in [3.63, 3.8) is 0 Å². The number of carbonyl (C=O) groups is 1. The van der Waals surface area contributed by atoms with Crippen LogP contribution in [0.5, 0.6) is 0 Å². The van der Waals surface area contributed by atoms with E-state index in [1.807, 2.05) is 29.2 Å². The van der Waals surface area contributed by atoms with Crippen LogP contribution in [0.25, 0.3) is 11.0 Å². The monoisotopic (exact) mass is 302 g/mol. The SMILES string of the molecule is COC1CCN(C(=O)Cn2nnc3ccccc32)C(C)(C)C1. The zero-order valence-corrected chi connectivity index (χ0v) is 13.3. The van der Waals surface area contributed by atoms with E-state index in [9.17, 15) is 4.79 Å². The van der Waals surface area contributed by atoms with E-state index >= 15 is 0 Å². The Bertz CT molecular complexity index is 680. The molecule has 1 fully saturated rings. The fraction of sp³-hybridized carbons (Fsp3) is 0.562. The minimum Gasteiger partial charge on any atom is -0.381 e. The molecule has 1 aliphatic heterocycles. The van der Waals surface area contributed by atoms with Crippen molar-refractivity contribution in [3.8, 4) is 0 Å². The van der Waals surface area contributed by atoms with Gasteiger partial charge in [-0.3, -0.25) is 4.79 Å². The molecule has 22 heavy (non-hydrogen) atoms. The summed E-state index contributed by atoms with van der Waals surface area (Å²) in [5.74, 6) is 0.0789. The average molecular weight is 302 g/mol. The maximum absolute atomic E-state index is 12.7. The van der Waals surface area contributed by atoms with Crippen LogP contribution in [0.4, 0.5) is 0 Å². The number of methoxy groups -OCH3 is 1. The van der Waals surface area contributed by atoms with E-state index in [-0.39, 0.29) is 24.1 Å². The zero-order chi connectivity index (χ0) is 15.7. The number of fused-ring (bicyclic) bond motifs is 1. The molecule has 1 aliphatic rings. The molecule has 1 amide bonds. The van der Waals surface area contributed by atoms with Crippen LogP contribution in [0.2, 0.25) is 0 Å². The molecule has 6 heteroatoms. The van der Waals surface area contributed by atoms with Crippen molar-refractivity contribution in [2.75, 3.05) is 13.7 Å². The molecule has 2 heterocycles. The van der Waals surface area contributed by atoms with Crippen LogP contribution < -0.4 is 0 Å². The van der Waals surface area contributed by atoms with Gasteiger partial charge < -0.3 is 9.64 Å². The lowest BCUT2D eigenvalue weighted by atomic mass is 9.88. The number of piperidine rings is 1. The van der Waals surface area contributed by atoms with Crippen molar-refractivity contribution in [1.29, 1.82) is 0 Å². The Morgan fingerprint density at radius 1 is 1.41 bits per heavy atom. The largest absolute Gasteiger partial charge is 0.381 e. The lowest BCUT2D eigenvalue weighted by Gasteiger charge is -2.45. The van der Waals surface area contributed by atoms with Crippen molar-refractivity contribution < 1.29 is 9.53 Å². The number of hydrogen-bond acceptors (Lipinski definition) is 4. The van der Waals surface area contributed by atoms with Gasteiger partial charge in [-0.2, -0.15) is 0 Å². The molecule has 0 saturated carbocycles. The van der Waals surface area contributed by atoms with Gasteiger partial charge >= 0.3 is 0 Å². The third-order valence-electron chi connectivity index (χ3n) is 4.47. The summed E-state index contributed by atoms with van der Waals surface area (Å²) in [6, 6.07) is 7.69. The van der Waals surface area contributed by atoms with Gasteiger partial charge in [-0.25, -0.2) is 4.68 Å². The van der Waals surface area contributed by atoms with Crippen LogP contribution in [-0.4, -0.2) is 51.1 Å². The van der Waals surface area contributed by atoms with Crippen molar-refractivity contribution >= 4 is 16.9 Å². The maximum Gasteiger partial charge on any atom is 0.244 e. The summed E-state index contributed by atoms with van der Waals surface area (Å²) < 4.78 is 7.13. The minimum absolute atomic E-state index is 0.0789. The summed E-state index contributed by atoms with van der Waals surface area (Å²) in [6.07, 6.45) is 1.96. The Kier molecular flexibility index (Phi) is 3.87. The first-order valence-corrected chi connectivity index (χ1v) is 7.63. The molecule has 0 spiro atoms. The Morgan fingerprint density at radius 3 is 2.91 bits per heavy atom. The van der Waals surface area contributed by atoms with Crippen molar-refractivity contribution in [3.05, 3.63) is 24.3 Å². The highest BCUT2D eigenvalue weighted by molar-refractivity contribution is 5.80. The van der Waals surface area contributed by atoms with Gasteiger partial charge in [0.05, 0.1) is 11.6 Å². The molecule has 1 aromatic carbocycles. The van der Waals surface area contributed by atoms with E-state index in [2.05, 4.69) is 24.2 Å². The summed E-state index contributed by atoms with van der Waals surface area (Å²) in [4.78, 5) is 14.7. The van der Waals surface area contributed by atoms with Crippen LogP contribution >= 0.6 is 0 Å². The first-order valence-electron chi connectivity index (χ1n) is 7.63. The Balaban J connectivity index is 1.77. The van der Waals surface area contributed by atoms with E-state index in [0.29, 0.717) is 0 Å². The van der Waals surface area contributed by atoms with Crippen LogP contribution in [0, 0.1) is 0 Å². The second-order valence-corrected chi connectivity index (χ2v) is 6.44. The molecule has 0 aliphatic carbocycles. The fourth-order valence-corrected chi connectivity index (χ4v) is 3.26. The lowest BCUT2D eigenvalue weighted by molar-refractivity contribution is -0.142. The van der Waals surface area contributed by atoms with Crippen LogP contribution in [0.1, 0.15) is 26.7 Å². The number of rotatable bonds is 3. The van der Waals surface area contributed by atoms with E-state index in [1.165, 1.54) is 0 Å². The predicted octanol–water partition coefficient (Wildman–Crippen LogP) is 1.85. The Morgan fingerprint density at radius 2 is 2.18 bits per heavy atom. The van der Waals surface area contributed by atoms with Gasteiger partial charge in [0.25, 0.3) is 0 Å². The standard InChI is InChI=1S/C16H22N4O2/c1-16(2)10-12(22-3)8-9-19(16)15(21)11-20-14-7-5-4-6-13(14)17-18-20/h4-7,12H,8-11H2,1-3H3. The number of benzene rings is 1. The molecule has 3 rings (SSSR count). The highest BCUT2D eigenvalue weighted by Crippen LogP contribution is 2.29. The van der Waals surface area contributed by atoms with Gasteiger partial charge in [-0.1, -0.05) is 17.3 Å². The molecule has 0 bridgehead atoms. The summed E-state index contributed by atoms with van der Waals surface area (Å²) >= 11 is 0. The van der Waals surface area contributed by atoms with Gasteiger partial charge in [0.1, 0.15) is 12.1 Å². The summed E-state index contributed by atoms with van der Waals surface area (Å²) in [7, 11) is 1.74. The van der Waals surface area contributed by atoms with E-state index in [1.54, 1.807) is 11.8 Å². The number of ether oxygens (including phenoxy) is 1. The third kappa shape index (κ3) is 2.70. The van der Waals surface area contributed by atoms with Crippen LogP contribution in [0.3, 0.4) is 0 Å². The molecule has 6 nitrogen and oxygen atoms in total. The molecule has 0 radical (unpaired) electrons. The lowest BCUT2D eigenvalue weighted by Crippen LogP contribution is -2.55. The number of likely N-dealkylation sites (tertiary alicyclic amines) is 1. The molecule has 1 saturated heterocycles. The number of carbonyl (C=O) groups excluding carboxylic acids is 1. The highest BCUT2D eigenvalue weighted by Gasteiger charge is 2.37. The molecule has 1 unspecified atom stereocenters. The van der Waals surface area contributed by atoms with E-state index in [4.69, 9.17) is 4.74 Å². The third-order valence-corrected chi connectivity index (χ3v) is 4.47. The molecule has 2 aromatic rings. The number of amides is 1. The summed E-state index contributed by atoms with van der Waals surface area (Å²) in [6.45, 7) is 5.13. The predicted molar refractivity (Wildman–Crippen MR) is 83.4 cm³/mol. The van der Waals surface area contributed by atoms with Crippen molar-refractivity contribution in [2.24, 2.45) is 0 Å².